The van der Waals surface area contributed by atoms with Crippen molar-refractivity contribution in [3.63, 3.8) is 0 Å². The summed E-state index contributed by atoms with van der Waals surface area (Å²) in [5.74, 6) is 1.17. The lowest BCUT2D eigenvalue weighted by Gasteiger charge is -2.57. The summed E-state index contributed by atoms with van der Waals surface area (Å²) in [7, 11) is 0. The third-order valence-corrected chi connectivity index (χ3v) is 10.2. The summed E-state index contributed by atoms with van der Waals surface area (Å²) in [5, 5.41) is 26.6. The monoisotopic (exact) mass is 492 g/mol. The number of aliphatic hydroxyl groups excluding tert-OH is 1. The first kappa shape index (κ1) is 25.5. The lowest BCUT2D eigenvalue weighted by molar-refractivity contribution is -0.142. The van der Waals surface area contributed by atoms with Gasteiger partial charge in [0.05, 0.1) is 11.8 Å². The van der Waals surface area contributed by atoms with Gasteiger partial charge in [-0.1, -0.05) is 24.6 Å². The Morgan fingerprint density at radius 1 is 1.21 bits per heavy atom. The number of thioether (sulfide) groups is 1. The number of aliphatic hydroxyl groups is 1. The predicted octanol–water partition coefficient (Wildman–Crippen LogP) is 4.01. The molecule has 4 rings (SSSR count). The molecule has 0 radical (unpaired) electrons. The number of fused-ring (bicyclic) bond motifs is 5. The average Bonchev–Trinajstić information content (AvgIpc) is 3.11. The number of aliphatic carboxylic acids is 1. The van der Waals surface area contributed by atoms with Gasteiger partial charge in [-0.3, -0.25) is 4.79 Å². The fourth-order valence-corrected chi connectivity index (χ4v) is 7.99. The highest BCUT2D eigenvalue weighted by Gasteiger charge is 2.58. The van der Waals surface area contributed by atoms with E-state index in [1.807, 2.05) is 6.26 Å². The van der Waals surface area contributed by atoms with E-state index in [0.29, 0.717) is 29.9 Å². The Morgan fingerprint density at radius 2 is 2.00 bits per heavy atom. The number of nitrogens with zero attached hydrogens (tertiary/aromatic N) is 1. The van der Waals surface area contributed by atoms with E-state index in [1.54, 1.807) is 11.8 Å². The molecule has 3 saturated carbocycles. The van der Waals surface area contributed by atoms with Gasteiger partial charge in [-0.15, -0.1) is 0 Å². The first-order valence-electron chi connectivity index (χ1n) is 12.8. The maximum Gasteiger partial charge on any atom is 0.326 e. The maximum atomic E-state index is 12.1. The highest BCUT2D eigenvalue weighted by Crippen LogP contribution is 2.65. The van der Waals surface area contributed by atoms with Crippen LogP contribution in [-0.4, -0.2) is 58.6 Å². The van der Waals surface area contributed by atoms with Gasteiger partial charge in [0.25, 0.3) is 5.91 Å². The molecule has 0 aromatic carbocycles. The van der Waals surface area contributed by atoms with Gasteiger partial charge in [0.2, 0.25) is 0 Å². The highest BCUT2D eigenvalue weighted by molar-refractivity contribution is 7.98. The Hall–Kier alpha value is -1.54. The summed E-state index contributed by atoms with van der Waals surface area (Å²) in [5.41, 5.74) is 2.61. The van der Waals surface area contributed by atoms with Crippen LogP contribution in [0.4, 0.5) is 0 Å². The molecule has 190 valence electrons. The molecule has 0 saturated heterocycles. The minimum absolute atomic E-state index is 0.101. The van der Waals surface area contributed by atoms with Gasteiger partial charge in [-0.05, 0) is 104 Å². The van der Waals surface area contributed by atoms with Crippen LogP contribution in [0, 0.1) is 28.6 Å². The molecular weight excluding hydrogens is 452 g/mol. The number of hydrogen-bond acceptors (Lipinski definition) is 6. The Labute approximate surface area is 207 Å². The average molecular weight is 493 g/mol. The summed E-state index contributed by atoms with van der Waals surface area (Å²) < 4.78 is 0. The molecule has 7 atom stereocenters. The number of carbonyl (C=O) groups is 2. The van der Waals surface area contributed by atoms with Gasteiger partial charge in [0.15, 0.2) is 6.61 Å². The second-order valence-electron chi connectivity index (χ2n) is 11.2. The van der Waals surface area contributed by atoms with E-state index in [1.165, 1.54) is 18.4 Å². The topological polar surface area (TPSA) is 108 Å². The lowest BCUT2D eigenvalue weighted by Crippen LogP contribution is -2.51. The molecule has 3 N–H and O–H groups in total. The Morgan fingerprint density at radius 3 is 2.74 bits per heavy atom. The molecule has 34 heavy (non-hydrogen) atoms. The zero-order valence-electron chi connectivity index (χ0n) is 20.7. The molecule has 0 spiro atoms. The van der Waals surface area contributed by atoms with Gasteiger partial charge in [0, 0.05) is 0 Å². The largest absolute Gasteiger partial charge is 0.480 e. The minimum atomic E-state index is -1.03. The van der Waals surface area contributed by atoms with Crippen LogP contribution in [-0.2, 0) is 14.4 Å². The summed E-state index contributed by atoms with van der Waals surface area (Å²) in [6.07, 6.45) is 12.9. The zero-order valence-corrected chi connectivity index (χ0v) is 21.5. The molecule has 7 nitrogen and oxygen atoms in total. The van der Waals surface area contributed by atoms with E-state index in [2.05, 4.69) is 30.4 Å². The summed E-state index contributed by atoms with van der Waals surface area (Å²) in [6.45, 7) is 4.47. The van der Waals surface area contributed by atoms with Crippen molar-refractivity contribution in [2.75, 3.05) is 18.6 Å². The van der Waals surface area contributed by atoms with Crippen LogP contribution in [0.25, 0.3) is 0 Å². The second-order valence-corrected chi connectivity index (χ2v) is 12.2. The number of allylic oxidation sites excluding steroid dienone is 2. The van der Waals surface area contributed by atoms with Gasteiger partial charge in [-0.25, -0.2) is 4.79 Å². The second kappa shape index (κ2) is 10.2. The van der Waals surface area contributed by atoms with Crippen LogP contribution in [0.15, 0.2) is 16.8 Å². The van der Waals surface area contributed by atoms with Crippen LogP contribution in [0.3, 0.4) is 0 Å². The number of carbonyl (C=O) groups excluding carboxylic acids is 1. The molecule has 3 fully saturated rings. The SMILES string of the molecule is CSCC[C@H](NC(=O)CO/N=C1/C=C2CC[C@H]3[C@@H]4CC[C@H](O)[C@@]4(C)CC[C@@H]3[C@@]2(C)CC1)C(=O)O. The van der Waals surface area contributed by atoms with Crippen molar-refractivity contribution in [3.05, 3.63) is 11.6 Å². The minimum Gasteiger partial charge on any atom is -0.480 e. The number of oxime groups is 1. The van der Waals surface area contributed by atoms with E-state index in [-0.39, 0.29) is 23.5 Å². The van der Waals surface area contributed by atoms with Crippen molar-refractivity contribution in [1.82, 2.24) is 5.32 Å². The molecule has 4 aliphatic rings. The normalized spacial score (nSPS) is 38.8. The van der Waals surface area contributed by atoms with Crippen LogP contribution in [0.1, 0.15) is 71.6 Å². The Bertz CT molecular complexity index is 860. The van der Waals surface area contributed by atoms with E-state index in [0.717, 1.165) is 44.2 Å². The molecule has 0 aliphatic heterocycles. The fraction of sp³-hybridized carbons (Fsp3) is 0.808. The predicted molar refractivity (Wildman–Crippen MR) is 134 cm³/mol. The number of nitrogens with one attached hydrogen (secondary N) is 1. The van der Waals surface area contributed by atoms with Crippen LogP contribution in [0.2, 0.25) is 0 Å². The highest BCUT2D eigenvalue weighted by atomic mass is 32.2. The number of amides is 1. The van der Waals surface area contributed by atoms with E-state index in [4.69, 9.17) is 4.84 Å². The molecule has 0 aromatic rings. The molecule has 0 aromatic heterocycles. The van der Waals surface area contributed by atoms with Crippen molar-refractivity contribution >= 4 is 29.4 Å². The van der Waals surface area contributed by atoms with E-state index < -0.39 is 17.9 Å². The molecule has 8 heteroatoms. The van der Waals surface area contributed by atoms with Crippen molar-refractivity contribution in [2.45, 2.75) is 83.8 Å². The number of carboxylic acids is 1. The maximum absolute atomic E-state index is 12.1. The first-order valence-corrected chi connectivity index (χ1v) is 14.2. The summed E-state index contributed by atoms with van der Waals surface area (Å²) in [6, 6.07) is -0.901. The molecule has 1 amide bonds. The standard InChI is InChI=1S/C26H40N2O5S/c1-25-11-8-17(28-33-15-23(30)27-21(24(31)32)10-13-34-3)14-16(25)4-5-18-19-6-7-22(29)26(19,2)12-9-20(18)25/h14,18-22,29H,4-13,15H2,1-3H3,(H,27,30)(H,31,32)/b28-17+/t18-,19-,20-,21-,22-,25-,26-/m0/s1. The third-order valence-electron chi connectivity index (χ3n) is 9.55. The first-order chi connectivity index (χ1) is 16.2. The van der Waals surface area contributed by atoms with Gasteiger partial charge in [0.1, 0.15) is 6.04 Å². The lowest BCUT2D eigenvalue weighted by atomic mass is 9.47. The van der Waals surface area contributed by atoms with Crippen molar-refractivity contribution in [2.24, 2.45) is 33.7 Å². The third kappa shape index (κ3) is 4.77. The van der Waals surface area contributed by atoms with E-state index >= 15 is 0 Å². The van der Waals surface area contributed by atoms with Gasteiger partial charge < -0.3 is 20.4 Å². The van der Waals surface area contributed by atoms with Gasteiger partial charge >= 0.3 is 5.97 Å². The zero-order chi connectivity index (χ0) is 24.5. The number of carboxylic acid groups (broad SMARTS) is 1. The molecule has 0 unspecified atom stereocenters. The molecule has 0 heterocycles. The molecule has 0 bridgehead atoms. The van der Waals surface area contributed by atoms with Crippen molar-refractivity contribution < 1.29 is 24.6 Å². The van der Waals surface area contributed by atoms with Crippen molar-refractivity contribution in [3.8, 4) is 0 Å². The number of rotatable bonds is 8. The molecule has 4 aliphatic carbocycles. The van der Waals surface area contributed by atoms with Crippen LogP contribution < -0.4 is 5.32 Å². The summed E-state index contributed by atoms with van der Waals surface area (Å²) in [4.78, 5) is 28.8. The smallest absolute Gasteiger partial charge is 0.326 e. The Kier molecular flexibility index (Phi) is 7.67. The quantitative estimate of drug-likeness (QED) is 0.442. The fourth-order valence-electron chi connectivity index (χ4n) is 7.52. The van der Waals surface area contributed by atoms with Crippen LogP contribution >= 0.6 is 11.8 Å². The van der Waals surface area contributed by atoms with E-state index in [9.17, 15) is 19.8 Å². The molecular formula is C26H40N2O5S. The summed E-state index contributed by atoms with van der Waals surface area (Å²) >= 11 is 1.55. The van der Waals surface area contributed by atoms with Crippen molar-refractivity contribution in [1.29, 1.82) is 0 Å². The number of hydrogen-bond donors (Lipinski definition) is 3. The van der Waals surface area contributed by atoms with Gasteiger partial charge in [-0.2, -0.15) is 11.8 Å². The van der Waals surface area contributed by atoms with Crippen LogP contribution in [0.5, 0.6) is 0 Å². The Balaban J connectivity index is 1.36.